The predicted molar refractivity (Wildman–Crippen MR) is 196 cm³/mol. The van der Waals surface area contributed by atoms with Crippen molar-refractivity contribution in [3.8, 4) is 39.8 Å². The van der Waals surface area contributed by atoms with Gasteiger partial charge in [-0.2, -0.15) is 16.6 Å². The lowest BCUT2D eigenvalue weighted by Gasteiger charge is -2.23. The zero-order chi connectivity index (χ0) is 35.0. The van der Waals surface area contributed by atoms with Crippen LogP contribution in [0, 0.1) is 18.3 Å². The van der Waals surface area contributed by atoms with Gasteiger partial charge in [0.15, 0.2) is 5.58 Å². The molecule has 9 heteroatoms. The number of carbonyl (C=O) groups is 2. The van der Waals surface area contributed by atoms with Gasteiger partial charge < -0.3 is 14.5 Å². The molecule has 1 fully saturated rings. The molecule has 6 aromatic rings. The highest BCUT2D eigenvalue weighted by Gasteiger charge is 2.42. The van der Waals surface area contributed by atoms with E-state index in [0.717, 1.165) is 27.8 Å². The second-order valence-electron chi connectivity index (χ2n) is 13.3. The number of aromatic nitrogens is 1. The molecule has 2 aromatic heterocycles. The monoisotopic (exact) mass is 680 g/mol. The van der Waals surface area contributed by atoms with E-state index in [9.17, 15) is 14.9 Å². The summed E-state index contributed by atoms with van der Waals surface area (Å²) >= 11 is 1.69. The van der Waals surface area contributed by atoms with Crippen LogP contribution >= 0.6 is 11.3 Å². The summed E-state index contributed by atoms with van der Waals surface area (Å²) in [6, 6.07) is 29.3. The molecule has 0 spiro atoms. The van der Waals surface area contributed by atoms with Crippen LogP contribution in [0.1, 0.15) is 59.3 Å². The van der Waals surface area contributed by atoms with E-state index in [1.54, 1.807) is 46.6 Å². The van der Waals surface area contributed by atoms with Crippen molar-refractivity contribution >= 4 is 34.4 Å². The van der Waals surface area contributed by atoms with Gasteiger partial charge in [0.05, 0.1) is 24.7 Å². The van der Waals surface area contributed by atoms with Crippen LogP contribution in [-0.2, 0) is 11.3 Å². The summed E-state index contributed by atoms with van der Waals surface area (Å²) < 4.78 is 12.0. The molecule has 250 valence electrons. The first kappa shape index (κ1) is 32.8. The van der Waals surface area contributed by atoms with Crippen molar-refractivity contribution < 1.29 is 18.7 Å². The first-order valence-electron chi connectivity index (χ1n) is 16.5. The number of ether oxygens (including phenoxy) is 1. The Balaban J connectivity index is 1.03. The quantitative estimate of drug-likeness (QED) is 0.163. The Hall–Kier alpha value is -5.72. The molecule has 3 heterocycles. The molecule has 1 aliphatic heterocycles. The Morgan fingerprint density at radius 1 is 1.00 bits per heavy atom. The van der Waals surface area contributed by atoms with E-state index in [1.807, 2.05) is 45.0 Å². The summed E-state index contributed by atoms with van der Waals surface area (Å²) in [5.41, 5.74) is 9.81. The summed E-state index contributed by atoms with van der Waals surface area (Å²) in [6.45, 7) is 8.91. The van der Waals surface area contributed by atoms with Crippen molar-refractivity contribution in [2.75, 3.05) is 13.1 Å². The highest BCUT2D eigenvalue weighted by molar-refractivity contribution is 7.08. The minimum Gasteiger partial charge on any atom is -0.439 e. The fraction of sp³-hybridized carbons (Fsp3) is 0.220. The van der Waals surface area contributed by atoms with E-state index < -0.39 is 11.7 Å². The Morgan fingerprint density at radius 2 is 1.70 bits per heavy atom. The molecule has 0 bridgehead atoms. The molecule has 2 amide bonds. The van der Waals surface area contributed by atoms with Gasteiger partial charge in [0, 0.05) is 23.2 Å². The molecule has 0 saturated carbocycles. The lowest BCUT2D eigenvalue weighted by molar-refractivity contribution is 0.0651. The molecular formula is C41H36N4O4S. The van der Waals surface area contributed by atoms with Gasteiger partial charge in [-0.3, -0.25) is 9.69 Å². The molecule has 0 aliphatic carbocycles. The fourth-order valence-corrected chi connectivity index (χ4v) is 7.36. The highest BCUT2D eigenvalue weighted by Crippen LogP contribution is 2.38. The summed E-state index contributed by atoms with van der Waals surface area (Å²) in [5.74, 6) is 0.294. The second kappa shape index (κ2) is 13.3. The van der Waals surface area contributed by atoms with Crippen LogP contribution in [0.25, 0.3) is 44.8 Å². The third kappa shape index (κ3) is 6.38. The third-order valence-electron chi connectivity index (χ3n) is 9.15. The van der Waals surface area contributed by atoms with E-state index in [0.29, 0.717) is 46.8 Å². The number of nitrogens with one attached hydrogen (secondary N) is 1. The predicted octanol–water partition coefficient (Wildman–Crippen LogP) is 9.33. The topological polar surface area (TPSA) is 108 Å². The van der Waals surface area contributed by atoms with Crippen LogP contribution < -0.4 is 5.32 Å². The van der Waals surface area contributed by atoms with Crippen LogP contribution in [0.4, 0.5) is 4.79 Å². The number of amides is 2. The lowest BCUT2D eigenvalue weighted by atomic mass is 9.91. The maximum absolute atomic E-state index is 13.2. The van der Waals surface area contributed by atoms with Gasteiger partial charge in [0.2, 0.25) is 5.89 Å². The van der Waals surface area contributed by atoms with E-state index in [1.165, 1.54) is 11.1 Å². The van der Waals surface area contributed by atoms with Crippen molar-refractivity contribution in [1.29, 1.82) is 5.26 Å². The number of cyclic esters (lactones) is 1. The van der Waals surface area contributed by atoms with Gasteiger partial charge in [0.1, 0.15) is 11.1 Å². The number of rotatable bonds is 9. The smallest absolute Gasteiger partial charge is 0.410 e. The van der Waals surface area contributed by atoms with Gasteiger partial charge in [-0.15, -0.1) is 0 Å². The highest BCUT2D eigenvalue weighted by atomic mass is 32.1. The van der Waals surface area contributed by atoms with Crippen molar-refractivity contribution in [3.05, 3.63) is 124 Å². The number of nitrogens with zero attached hydrogens (tertiary/aromatic N) is 3. The summed E-state index contributed by atoms with van der Waals surface area (Å²) in [7, 11) is 0. The average Bonchev–Trinajstić information content (AvgIpc) is 3.83. The Morgan fingerprint density at radius 3 is 2.38 bits per heavy atom. The lowest BCUT2D eigenvalue weighted by Crippen LogP contribution is -2.43. The molecule has 4 aromatic carbocycles. The Bertz CT molecular complexity index is 2280. The first-order valence-corrected chi connectivity index (χ1v) is 17.5. The number of fused-ring (bicyclic) bond motifs is 1. The molecule has 1 aliphatic rings. The van der Waals surface area contributed by atoms with E-state index in [2.05, 4.69) is 64.4 Å². The average molecular weight is 681 g/mol. The van der Waals surface area contributed by atoms with Crippen molar-refractivity contribution in [2.45, 2.75) is 45.8 Å². The molecule has 1 saturated heterocycles. The van der Waals surface area contributed by atoms with E-state index >= 15 is 0 Å². The van der Waals surface area contributed by atoms with Crippen molar-refractivity contribution in [1.82, 2.24) is 15.2 Å². The number of hydrogen-bond acceptors (Lipinski definition) is 7. The van der Waals surface area contributed by atoms with Gasteiger partial charge in [-0.1, -0.05) is 62.4 Å². The van der Waals surface area contributed by atoms with Crippen LogP contribution in [0.2, 0.25) is 0 Å². The van der Waals surface area contributed by atoms with Crippen LogP contribution in [0.5, 0.6) is 0 Å². The van der Waals surface area contributed by atoms with E-state index in [4.69, 9.17) is 9.15 Å². The molecule has 1 N–H and O–H groups in total. The fourth-order valence-electron chi connectivity index (χ4n) is 6.51. The number of hydrogen-bond donors (Lipinski definition) is 1. The van der Waals surface area contributed by atoms with Crippen LogP contribution in [0.15, 0.2) is 100 Å². The van der Waals surface area contributed by atoms with Gasteiger partial charge in [-0.05, 0) is 100 Å². The largest absolute Gasteiger partial charge is 0.439 e. The molecule has 0 radical (unpaired) electrons. The third-order valence-corrected chi connectivity index (χ3v) is 10.0. The molecule has 1 unspecified atom stereocenters. The number of aryl methyl sites for hydroxylation is 1. The first-order chi connectivity index (χ1) is 24.1. The minimum absolute atomic E-state index is 0.155. The van der Waals surface area contributed by atoms with E-state index in [-0.39, 0.29) is 18.4 Å². The number of benzene rings is 4. The molecule has 7 rings (SSSR count). The van der Waals surface area contributed by atoms with Crippen molar-refractivity contribution in [3.63, 3.8) is 0 Å². The number of carbonyl (C=O) groups excluding carboxylic acids is 2. The zero-order valence-electron chi connectivity index (χ0n) is 28.3. The normalized spacial score (nSPS) is 15.8. The number of oxazole rings is 1. The summed E-state index contributed by atoms with van der Waals surface area (Å²) in [4.78, 5) is 32.7. The molecule has 8 nitrogen and oxygen atoms in total. The van der Waals surface area contributed by atoms with Crippen LogP contribution in [0.3, 0.4) is 0 Å². The van der Waals surface area contributed by atoms with Gasteiger partial charge >= 0.3 is 6.09 Å². The number of thiophene rings is 1. The van der Waals surface area contributed by atoms with Gasteiger partial charge in [-0.25, -0.2) is 9.78 Å². The SMILES string of the molecule is Cc1cscc1-c1ccccc1-c1ccccc1CN1CC(C)(CNC(=O)c2ccc(-c3nc4cc(C#N)cc(C(C)C)c4o3)cc2)OC1=O. The minimum atomic E-state index is -0.901. The second-order valence-corrected chi connectivity index (χ2v) is 14.0. The Labute approximate surface area is 295 Å². The van der Waals surface area contributed by atoms with Gasteiger partial charge in [0.25, 0.3) is 5.91 Å². The number of nitriles is 1. The maximum Gasteiger partial charge on any atom is 0.410 e. The van der Waals surface area contributed by atoms with Crippen molar-refractivity contribution in [2.24, 2.45) is 0 Å². The summed E-state index contributed by atoms with van der Waals surface area (Å²) in [5, 5.41) is 16.7. The summed E-state index contributed by atoms with van der Waals surface area (Å²) in [6.07, 6.45) is -0.413. The van der Waals surface area contributed by atoms with Crippen LogP contribution in [-0.4, -0.2) is 40.6 Å². The zero-order valence-corrected chi connectivity index (χ0v) is 29.1. The standard InChI is InChI=1S/C41H36N4O4S/c1-25(2)34-17-27(19-42)18-36-37(34)48-39(44-36)29-15-13-28(14-16-29)38(46)43-23-41(4)24-45(40(47)49-41)20-30-9-5-6-10-31(30)32-11-7-8-12-33(32)35-22-50-21-26(35)3/h5-18,21-22,25H,20,23-24H2,1-4H3,(H,43,46). The molecular weight excluding hydrogens is 645 g/mol. The Kier molecular flexibility index (Phi) is 8.72. The molecule has 50 heavy (non-hydrogen) atoms. The molecule has 1 atom stereocenters. The maximum atomic E-state index is 13.2.